The number of piperidine rings is 1. The second-order valence-corrected chi connectivity index (χ2v) is 13.7. The highest BCUT2D eigenvalue weighted by Gasteiger charge is 2.51. The number of nitrogens with one attached hydrogen (secondary N) is 1. The van der Waals surface area contributed by atoms with E-state index < -0.39 is 76.4 Å². The largest absolute Gasteiger partial charge is 0.416 e. The van der Waals surface area contributed by atoms with E-state index in [2.05, 4.69) is 15.6 Å². The zero-order chi connectivity index (χ0) is 35.2. The zero-order valence-corrected chi connectivity index (χ0v) is 26.4. The van der Waals surface area contributed by atoms with Crippen LogP contribution in [0.5, 0.6) is 0 Å². The van der Waals surface area contributed by atoms with Crippen molar-refractivity contribution in [3.8, 4) is 11.3 Å². The van der Waals surface area contributed by atoms with E-state index in [9.17, 15) is 51.6 Å². The van der Waals surface area contributed by atoms with Crippen molar-refractivity contribution in [3.63, 3.8) is 0 Å². The summed E-state index contributed by atoms with van der Waals surface area (Å²) in [7, 11) is 0. The molecular formula is C31H33F6N5O6S. The maximum Gasteiger partial charge on any atom is 0.416 e. The Morgan fingerprint density at radius 1 is 1.08 bits per heavy atom. The van der Waals surface area contributed by atoms with Crippen LogP contribution in [0.25, 0.3) is 11.3 Å². The number of aromatic nitrogens is 3. The van der Waals surface area contributed by atoms with Gasteiger partial charge in [-0.1, -0.05) is 23.4 Å². The normalized spacial score (nSPS) is 26.4. The van der Waals surface area contributed by atoms with Crippen LogP contribution in [0.3, 0.4) is 0 Å². The van der Waals surface area contributed by atoms with Crippen LogP contribution in [0.15, 0.2) is 42.6 Å². The van der Waals surface area contributed by atoms with Gasteiger partial charge < -0.3 is 35.4 Å². The Labute approximate surface area is 279 Å². The number of alkyl halides is 3. The van der Waals surface area contributed by atoms with Crippen molar-refractivity contribution in [2.24, 2.45) is 0 Å². The molecule has 0 bridgehead atoms. The Kier molecular flexibility index (Phi) is 9.91. The molecule has 3 heterocycles. The Balaban J connectivity index is 1.32. The van der Waals surface area contributed by atoms with Gasteiger partial charge >= 0.3 is 12.2 Å². The van der Waals surface area contributed by atoms with Crippen LogP contribution in [0.1, 0.15) is 48.1 Å². The fourth-order valence-corrected chi connectivity index (χ4v) is 7.85. The van der Waals surface area contributed by atoms with Crippen LogP contribution in [0.2, 0.25) is 0 Å². The molecule has 1 aromatic heterocycles. The second-order valence-electron chi connectivity index (χ2n) is 12.5. The van der Waals surface area contributed by atoms with E-state index in [1.165, 1.54) is 23.1 Å². The lowest BCUT2D eigenvalue weighted by molar-refractivity contribution is -0.179. The number of likely N-dealkylation sites (tertiary alicyclic amines) is 1. The highest BCUT2D eigenvalue weighted by atomic mass is 32.2. The number of hydrogen-bond donors (Lipinski definition) is 5. The van der Waals surface area contributed by atoms with E-state index in [1.54, 1.807) is 0 Å². The molecule has 0 spiro atoms. The van der Waals surface area contributed by atoms with E-state index in [-0.39, 0.29) is 54.8 Å². The predicted molar refractivity (Wildman–Crippen MR) is 161 cm³/mol. The molecule has 1 unspecified atom stereocenters. The first-order valence-corrected chi connectivity index (χ1v) is 16.4. The predicted octanol–water partition coefficient (Wildman–Crippen LogP) is 3.53. The lowest BCUT2D eigenvalue weighted by Gasteiger charge is -2.47. The highest BCUT2D eigenvalue weighted by molar-refractivity contribution is 8.00. The summed E-state index contributed by atoms with van der Waals surface area (Å²) in [4.78, 5) is 14.1. The molecule has 6 atom stereocenters. The van der Waals surface area contributed by atoms with Crippen LogP contribution in [-0.2, 0) is 10.9 Å². The minimum atomic E-state index is -4.83. The number of aliphatic hydroxyl groups is 4. The third-order valence-corrected chi connectivity index (χ3v) is 10.7. The molecular weight excluding hydrogens is 684 g/mol. The minimum Gasteiger partial charge on any atom is -0.394 e. The van der Waals surface area contributed by atoms with Crippen LogP contribution in [0, 0.1) is 17.5 Å². The number of hydrogen-bond acceptors (Lipinski definition) is 9. The Hall–Kier alpha value is -3.42. The van der Waals surface area contributed by atoms with Crippen molar-refractivity contribution >= 4 is 17.8 Å². The summed E-state index contributed by atoms with van der Waals surface area (Å²) in [5.74, 6) is -4.69. The van der Waals surface area contributed by atoms with Gasteiger partial charge in [0, 0.05) is 24.7 Å². The molecule has 3 fully saturated rings. The number of thioether (sulfide) groups is 1. The molecule has 266 valence electrons. The van der Waals surface area contributed by atoms with E-state index in [0.29, 0.717) is 23.9 Å². The lowest BCUT2D eigenvalue weighted by atomic mass is 9.83. The second kappa shape index (κ2) is 13.7. The summed E-state index contributed by atoms with van der Waals surface area (Å²) in [5, 5.41) is 53.9. The molecule has 11 nitrogen and oxygen atoms in total. The van der Waals surface area contributed by atoms with Gasteiger partial charge in [0.15, 0.2) is 17.5 Å². The van der Waals surface area contributed by atoms with Gasteiger partial charge in [-0.25, -0.2) is 22.6 Å². The number of carbonyl (C=O) groups excluding carboxylic acids is 1. The molecule has 0 radical (unpaired) electrons. The molecule has 3 aliphatic rings. The van der Waals surface area contributed by atoms with Gasteiger partial charge in [0.05, 0.1) is 29.2 Å². The topological polar surface area (TPSA) is 153 Å². The quantitative estimate of drug-likeness (QED) is 0.174. The Bertz CT molecular complexity index is 1650. The van der Waals surface area contributed by atoms with E-state index in [1.807, 2.05) is 0 Å². The molecule has 2 amide bonds. The monoisotopic (exact) mass is 717 g/mol. The van der Waals surface area contributed by atoms with Crippen molar-refractivity contribution in [1.29, 1.82) is 0 Å². The number of amides is 2. The molecule has 6 rings (SSSR count). The SMILES string of the molecule is O=C(NC1CC1)N1CCC(O)(C(S[C@@H]2O[C@H](CO)[C@H](O)[C@H](n3cc(-c4cc(F)c(F)c(F)c4)nn3)[C@H]2O)c2ccccc2C(F)(F)F)CC1. The smallest absolute Gasteiger partial charge is 0.394 e. The van der Waals surface area contributed by atoms with E-state index in [4.69, 9.17) is 4.74 Å². The summed E-state index contributed by atoms with van der Waals surface area (Å²) in [5.41, 5.74) is -5.05. The standard InChI is InChI=1S/C31H33F6N5O6S/c32-19-11-15(12-20(33)23(19)34)21-13-42(40-39-21)24-25(44)22(14-43)48-28(26(24)45)49-27(17-3-1-2-4-18(17)31(35,36)37)30(47)7-9-41(10-8-30)29(46)38-16-5-6-16/h1-4,11-13,16,22,24-28,43-45,47H,5-10,14H2,(H,38,46)/t22-,24+,25+,26-,27?,28+/m1/s1. The van der Waals surface area contributed by atoms with Crippen molar-refractivity contribution in [2.45, 2.75) is 78.5 Å². The number of nitrogens with zero attached hydrogens (tertiary/aromatic N) is 4. The average molecular weight is 718 g/mol. The lowest BCUT2D eigenvalue weighted by Crippen LogP contribution is -2.56. The number of ether oxygens (including phenoxy) is 1. The van der Waals surface area contributed by atoms with Crippen LogP contribution < -0.4 is 5.32 Å². The highest BCUT2D eigenvalue weighted by Crippen LogP contribution is 2.52. The van der Waals surface area contributed by atoms with Crippen molar-refractivity contribution in [1.82, 2.24) is 25.2 Å². The van der Waals surface area contributed by atoms with Crippen LogP contribution >= 0.6 is 11.8 Å². The minimum absolute atomic E-state index is 0.0291. The summed E-state index contributed by atoms with van der Waals surface area (Å²) in [6.45, 7) is -0.737. The number of aliphatic hydroxyl groups excluding tert-OH is 3. The fraction of sp³-hybridized carbons (Fsp3) is 0.516. The number of carbonyl (C=O) groups is 1. The van der Waals surface area contributed by atoms with Gasteiger partial charge in [-0.05, 0) is 49.4 Å². The van der Waals surface area contributed by atoms with Gasteiger partial charge in [0.25, 0.3) is 0 Å². The number of halogens is 6. The van der Waals surface area contributed by atoms with Gasteiger partial charge in [-0.15, -0.1) is 16.9 Å². The van der Waals surface area contributed by atoms with Crippen molar-refractivity contribution in [3.05, 3.63) is 71.2 Å². The van der Waals surface area contributed by atoms with Crippen molar-refractivity contribution < 1.29 is 56.3 Å². The van der Waals surface area contributed by atoms with Gasteiger partial charge in [-0.3, -0.25) is 0 Å². The number of rotatable bonds is 8. The first kappa shape index (κ1) is 35.4. The van der Waals surface area contributed by atoms with Crippen LogP contribution in [-0.4, -0.2) is 101 Å². The Morgan fingerprint density at radius 3 is 2.35 bits per heavy atom. The molecule has 49 heavy (non-hydrogen) atoms. The van der Waals surface area contributed by atoms with Gasteiger partial charge in [0.2, 0.25) is 0 Å². The first-order valence-electron chi connectivity index (χ1n) is 15.5. The molecule has 1 aliphatic carbocycles. The number of urea groups is 1. The van der Waals surface area contributed by atoms with E-state index >= 15 is 0 Å². The molecule has 5 N–H and O–H groups in total. The molecule has 1 saturated carbocycles. The Morgan fingerprint density at radius 2 is 1.73 bits per heavy atom. The number of benzene rings is 2. The average Bonchev–Trinajstić information content (AvgIpc) is 3.75. The molecule has 3 aromatic rings. The van der Waals surface area contributed by atoms with Gasteiger partial charge in [0.1, 0.15) is 35.5 Å². The third kappa shape index (κ3) is 7.25. The molecule has 2 aliphatic heterocycles. The zero-order valence-electron chi connectivity index (χ0n) is 25.6. The summed E-state index contributed by atoms with van der Waals surface area (Å²) in [6, 6.07) is 4.26. The summed E-state index contributed by atoms with van der Waals surface area (Å²) >= 11 is 0.655. The van der Waals surface area contributed by atoms with E-state index in [0.717, 1.165) is 29.8 Å². The molecule has 2 saturated heterocycles. The third-order valence-electron chi connectivity index (χ3n) is 9.07. The maximum atomic E-state index is 14.3. The van der Waals surface area contributed by atoms with Gasteiger partial charge in [-0.2, -0.15) is 13.2 Å². The molecule has 18 heteroatoms. The first-order chi connectivity index (χ1) is 23.2. The summed E-state index contributed by atoms with van der Waals surface area (Å²) in [6.07, 6.45) is -7.08. The molecule has 2 aromatic carbocycles. The summed E-state index contributed by atoms with van der Waals surface area (Å²) < 4.78 is 91.1. The maximum absolute atomic E-state index is 14.3. The van der Waals surface area contributed by atoms with Crippen molar-refractivity contribution in [2.75, 3.05) is 19.7 Å². The fourth-order valence-electron chi connectivity index (χ4n) is 6.21. The van der Waals surface area contributed by atoms with Crippen LogP contribution in [0.4, 0.5) is 31.1 Å².